The van der Waals surface area contributed by atoms with Gasteiger partial charge in [-0.3, -0.25) is 0 Å². The first-order chi connectivity index (χ1) is 17.3. The Labute approximate surface area is 215 Å². The molecule has 3 aromatic rings. The van der Waals surface area contributed by atoms with Crippen molar-refractivity contribution in [2.45, 2.75) is 38.5 Å². The van der Waals surface area contributed by atoms with Gasteiger partial charge in [-0.2, -0.15) is 5.26 Å². The summed E-state index contributed by atoms with van der Waals surface area (Å²) in [7, 11) is -2.75. The molecule has 36 heavy (non-hydrogen) atoms. The van der Waals surface area contributed by atoms with Gasteiger partial charge in [0.25, 0.3) is 8.32 Å². The highest BCUT2D eigenvalue weighted by Gasteiger charge is 2.50. The molecule has 188 valence electrons. The van der Waals surface area contributed by atoms with Crippen LogP contribution < -0.4 is 10.4 Å². The molecule has 1 atom stereocenters. The van der Waals surface area contributed by atoms with Gasteiger partial charge in [-0.15, -0.1) is 6.58 Å². The first-order valence-corrected chi connectivity index (χ1v) is 14.0. The fourth-order valence-electron chi connectivity index (χ4n) is 4.42. The summed E-state index contributed by atoms with van der Waals surface area (Å²) in [6.45, 7) is 11.5. The molecule has 4 nitrogen and oxygen atoms in total. The summed E-state index contributed by atoms with van der Waals surface area (Å²) in [5.41, 5.74) is 0.849. The lowest BCUT2D eigenvalue weighted by Crippen LogP contribution is -2.67. The van der Waals surface area contributed by atoms with E-state index in [2.05, 4.69) is 51.6 Å². The molecule has 1 unspecified atom stereocenters. The van der Waals surface area contributed by atoms with Gasteiger partial charge in [-0.25, -0.2) is 4.39 Å². The predicted octanol–water partition coefficient (Wildman–Crippen LogP) is 5.36. The van der Waals surface area contributed by atoms with Crippen molar-refractivity contribution >= 4 is 18.7 Å². The van der Waals surface area contributed by atoms with E-state index in [4.69, 9.17) is 13.9 Å². The minimum Gasteiger partial charge on any atom is -0.405 e. The van der Waals surface area contributed by atoms with Crippen LogP contribution in [0.3, 0.4) is 0 Å². The third kappa shape index (κ3) is 6.77. The summed E-state index contributed by atoms with van der Waals surface area (Å²) in [5.74, 6) is -0.462. The standard InChI is InChI=1S/C30H34FNO3Si/c1-5-16-33-22-27(34-21-25-17-24(20-32)18-26(31)19-25)23-35-36(30(2,3)4,28-12-8-6-9-13-28)29-14-10-7-11-15-29/h5-15,17-19,27H,1,16,21-23H2,2-4H3. The number of ether oxygens (including phenoxy) is 2. The van der Waals surface area contributed by atoms with E-state index in [0.29, 0.717) is 25.4 Å². The number of halogens is 1. The summed E-state index contributed by atoms with van der Waals surface area (Å²) >= 11 is 0. The minimum atomic E-state index is -2.75. The second-order valence-electron chi connectivity index (χ2n) is 9.69. The number of benzene rings is 3. The van der Waals surface area contributed by atoms with Crippen molar-refractivity contribution in [3.05, 3.63) is 108 Å². The van der Waals surface area contributed by atoms with Crippen LogP contribution in [0.1, 0.15) is 31.9 Å². The van der Waals surface area contributed by atoms with Gasteiger partial charge in [0.05, 0.1) is 38.1 Å². The summed E-state index contributed by atoms with van der Waals surface area (Å²) < 4.78 is 32.8. The monoisotopic (exact) mass is 503 g/mol. The summed E-state index contributed by atoms with van der Waals surface area (Å²) in [6, 6.07) is 27.0. The van der Waals surface area contributed by atoms with Gasteiger partial charge in [0.2, 0.25) is 0 Å². The van der Waals surface area contributed by atoms with Crippen LogP contribution in [0.25, 0.3) is 0 Å². The van der Waals surface area contributed by atoms with E-state index >= 15 is 0 Å². The molecule has 0 spiro atoms. The van der Waals surface area contributed by atoms with Gasteiger partial charge in [-0.05, 0) is 39.2 Å². The van der Waals surface area contributed by atoms with Crippen LogP contribution in [-0.4, -0.2) is 34.2 Å². The Morgan fingerprint density at radius 3 is 2.11 bits per heavy atom. The topological polar surface area (TPSA) is 51.5 Å². The first-order valence-electron chi connectivity index (χ1n) is 12.0. The van der Waals surface area contributed by atoms with E-state index in [1.54, 1.807) is 12.1 Å². The van der Waals surface area contributed by atoms with Crippen LogP contribution >= 0.6 is 0 Å². The van der Waals surface area contributed by atoms with Crippen LogP contribution in [0.5, 0.6) is 0 Å². The molecule has 0 aliphatic carbocycles. The quantitative estimate of drug-likeness (QED) is 0.190. The molecular weight excluding hydrogens is 469 g/mol. The Bertz CT molecular complexity index is 1120. The van der Waals surface area contributed by atoms with Crippen molar-refractivity contribution in [2.75, 3.05) is 19.8 Å². The van der Waals surface area contributed by atoms with E-state index in [-0.39, 0.29) is 17.2 Å². The third-order valence-corrected chi connectivity index (χ3v) is 11.0. The second kappa shape index (κ2) is 12.7. The molecular formula is C30H34FNO3Si. The normalized spacial score (nSPS) is 12.6. The zero-order chi connectivity index (χ0) is 26.0. The van der Waals surface area contributed by atoms with Crippen LogP contribution in [0.15, 0.2) is 91.5 Å². The maximum atomic E-state index is 13.9. The minimum absolute atomic E-state index is 0.138. The molecule has 6 heteroatoms. The largest absolute Gasteiger partial charge is 0.405 e. The summed E-state index contributed by atoms with van der Waals surface area (Å²) in [4.78, 5) is 0. The zero-order valence-electron chi connectivity index (χ0n) is 21.2. The molecule has 3 aromatic carbocycles. The Morgan fingerprint density at radius 2 is 1.58 bits per heavy atom. The maximum absolute atomic E-state index is 13.9. The van der Waals surface area contributed by atoms with Crippen LogP contribution in [0, 0.1) is 17.1 Å². The number of nitrogens with zero attached hydrogens (tertiary/aromatic N) is 1. The molecule has 0 radical (unpaired) electrons. The summed E-state index contributed by atoms with van der Waals surface area (Å²) in [5, 5.41) is 11.4. The molecule has 0 aromatic heterocycles. The van der Waals surface area contributed by atoms with Crippen molar-refractivity contribution in [3.8, 4) is 6.07 Å². The van der Waals surface area contributed by atoms with E-state index < -0.39 is 20.2 Å². The lowest BCUT2D eigenvalue weighted by molar-refractivity contribution is -0.0417. The van der Waals surface area contributed by atoms with Crippen LogP contribution in [0.2, 0.25) is 5.04 Å². The van der Waals surface area contributed by atoms with Crippen LogP contribution in [-0.2, 0) is 20.5 Å². The van der Waals surface area contributed by atoms with E-state index in [1.807, 2.05) is 42.5 Å². The summed E-state index contributed by atoms with van der Waals surface area (Å²) in [6.07, 6.45) is 1.28. The van der Waals surface area contributed by atoms with Gasteiger partial charge < -0.3 is 13.9 Å². The highest BCUT2D eigenvalue weighted by molar-refractivity contribution is 6.99. The van der Waals surface area contributed by atoms with E-state index in [0.717, 1.165) is 0 Å². The number of hydrogen-bond donors (Lipinski definition) is 0. The highest BCUT2D eigenvalue weighted by Crippen LogP contribution is 2.37. The Kier molecular flexibility index (Phi) is 9.74. The lowest BCUT2D eigenvalue weighted by atomic mass is 10.1. The van der Waals surface area contributed by atoms with Crippen molar-refractivity contribution in [3.63, 3.8) is 0 Å². The van der Waals surface area contributed by atoms with Crippen molar-refractivity contribution in [2.24, 2.45) is 0 Å². The van der Waals surface area contributed by atoms with E-state index in [9.17, 15) is 9.65 Å². The van der Waals surface area contributed by atoms with Crippen molar-refractivity contribution < 1.29 is 18.3 Å². The van der Waals surface area contributed by atoms with Crippen molar-refractivity contribution in [1.29, 1.82) is 5.26 Å². The fourth-order valence-corrected chi connectivity index (χ4v) is 9.01. The zero-order valence-corrected chi connectivity index (χ0v) is 22.2. The molecule has 0 aliphatic rings. The Balaban J connectivity index is 1.91. The molecule has 0 amide bonds. The Hall–Kier alpha value is -3.08. The Morgan fingerprint density at radius 1 is 0.972 bits per heavy atom. The van der Waals surface area contributed by atoms with Gasteiger partial charge >= 0.3 is 0 Å². The van der Waals surface area contributed by atoms with Gasteiger partial charge in [0.1, 0.15) is 11.9 Å². The molecule has 3 rings (SSSR count). The van der Waals surface area contributed by atoms with E-state index in [1.165, 1.54) is 22.5 Å². The fraction of sp³-hybridized carbons (Fsp3) is 0.300. The first kappa shape index (κ1) is 27.5. The second-order valence-corrected chi connectivity index (χ2v) is 14.0. The number of hydrogen-bond acceptors (Lipinski definition) is 4. The molecule has 0 aliphatic heterocycles. The predicted molar refractivity (Wildman–Crippen MR) is 144 cm³/mol. The van der Waals surface area contributed by atoms with Crippen LogP contribution in [0.4, 0.5) is 4.39 Å². The number of nitriles is 1. The van der Waals surface area contributed by atoms with Gasteiger partial charge in [0, 0.05) is 0 Å². The van der Waals surface area contributed by atoms with Crippen molar-refractivity contribution in [1.82, 2.24) is 0 Å². The van der Waals surface area contributed by atoms with Gasteiger partial charge in [0.15, 0.2) is 0 Å². The van der Waals surface area contributed by atoms with Gasteiger partial charge in [-0.1, -0.05) is 87.5 Å². The molecule has 0 heterocycles. The highest BCUT2D eigenvalue weighted by atomic mass is 28.4. The number of rotatable bonds is 12. The average molecular weight is 504 g/mol. The molecule has 0 fully saturated rings. The average Bonchev–Trinajstić information content (AvgIpc) is 2.87. The smallest absolute Gasteiger partial charge is 0.261 e. The maximum Gasteiger partial charge on any atom is 0.261 e. The third-order valence-electron chi connectivity index (χ3n) is 6.01. The lowest BCUT2D eigenvalue weighted by Gasteiger charge is -2.43. The molecule has 0 bridgehead atoms. The molecule has 0 saturated heterocycles. The SMILES string of the molecule is C=CCOCC(CO[Si](c1ccccc1)(c1ccccc1)C(C)(C)C)OCc1cc(F)cc(C#N)c1. The molecule has 0 saturated carbocycles. The molecule has 0 N–H and O–H groups in total.